The second kappa shape index (κ2) is 11.1. The number of hydrogen-bond donors (Lipinski definition) is 0. The molecule has 0 aromatic heterocycles. The molecule has 2 heterocycles. The Morgan fingerprint density at radius 2 is 1.63 bits per heavy atom. The number of carbonyl (C=O) groups is 2. The quantitative estimate of drug-likeness (QED) is 0.266. The van der Waals surface area contributed by atoms with E-state index < -0.39 is 24.0 Å². The van der Waals surface area contributed by atoms with E-state index >= 15 is 0 Å². The molecule has 0 radical (unpaired) electrons. The highest BCUT2D eigenvalue weighted by Gasteiger charge is 2.60. The standard InChI is InChI=1S/C30H32N2O6/c1-4-6-17-37-24-16-15-20(18-25(24)36-5-2)27-26-28(38-32(27)21-11-8-7-9-12-21)30(34)31(29(26)33)22-13-10-14-23(19-22)35-3/h7-16,18-19,26-28H,4-6,17H2,1-3H3/t26-,27-,28+/m1/s1. The zero-order chi connectivity index (χ0) is 26.6. The first-order valence-corrected chi connectivity index (χ1v) is 13.0. The summed E-state index contributed by atoms with van der Waals surface area (Å²) < 4.78 is 17.2. The molecule has 198 valence electrons. The zero-order valence-corrected chi connectivity index (χ0v) is 21.8. The molecule has 0 unspecified atom stereocenters. The van der Waals surface area contributed by atoms with Gasteiger partial charge in [-0.2, -0.15) is 0 Å². The Morgan fingerprint density at radius 3 is 2.37 bits per heavy atom. The van der Waals surface area contributed by atoms with E-state index in [-0.39, 0.29) is 5.91 Å². The fraction of sp³-hybridized carbons (Fsp3) is 0.333. The van der Waals surface area contributed by atoms with E-state index in [4.69, 9.17) is 19.0 Å². The Morgan fingerprint density at radius 1 is 0.842 bits per heavy atom. The zero-order valence-electron chi connectivity index (χ0n) is 21.8. The number of unbranched alkanes of at least 4 members (excludes halogenated alkanes) is 1. The number of ether oxygens (including phenoxy) is 3. The van der Waals surface area contributed by atoms with Crippen molar-refractivity contribution in [2.24, 2.45) is 5.92 Å². The van der Waals surface area contributed by atoms with Gasteiger partial charge in [0.2, 0.25) is 5.91 Å². The van der Waals surface area contributed by atoms with Crippen molar-refractivity contribution in [2.45, 2.75) is 38.8 Å². The molecule has 5 rings (SSSR count). The van der Waals surface area contributed by atoms with E-state index in [1.807, 2.05) is 55.5 Å². The van der Waals surface area contributed by atoms with Gasteiger partial charge in [0.15, 0.2) is 17.6 Å². The number of amides is 2. The van der Waals surface area contributed by atoms with Crippen LogP contribution in [-0.4, -0.2) is 38.2 Å². The van der Waals surface area contributed by atoms with Crippen molar-refractivity contribution in [1.82, 2.24) is 0 Å². The average Bonchev–Trinajstić information content (AvgIpc) is 3.46. The summed E-state index contributed by atoms with van der Waals surface area (Å²) >= 11 is 0. The molecule has 3 aromatic rings. The van der Waals surface area contributed by atoms with Gasteiger partial charge in [-0.25, -0.2) is 9.96 Å². The minimum atomic E-state index is -0.963. The minimum Gasteiger partial charge on any atom is -0.497 e. The number of benzene rings is 3. The smallest absolute Gasteiger partial charge is 0.266 e. The molecule has 0 spiro atoms. The molecular formula is C30H32N2O6. The molecule has 2 amide bonds. The number of nitrogens with zero attached hydrogens (tertiary/aromatic N) is 2. The highest BCUT2D eigenvalue weighted by atomic mass is 16.7. The summed E-state index contributed by atoms with van der Waals surface area (Å²) in [6.45, 7) is 5.08. The van der Waals surface area contributed by atoms with Crippen LogP contribution in [0.3, 0.4) is 0 Å². The molecule has 3 aromatic carbocycles. The molecule has 0 bridgehead atoms. The number of anilines is 2. The van der Waals surface area contributed by atoms with Gasteiger partial charge in [0.05, 0.1) is 37.7 Å². The van der Waals surface area contributed by atoms with Crippen LogP contribution in [0, 0.1) is 5.92 Å². The number of hydroxylamine groups is 1. The lowest BCUT2D eigenvalue weighted by molar-refractivity contribution is -0.126. The fourth-order valence-electron chi connectivity index (χ4n) is 4.98. The molecule has 3 atom stereocenters. The van der Waals surface area contributed by atoms with Crippen LogP contribution >= 0.6 is 0 Å². The number of imide groups is 1. The Hall–Kier alpha value is -4.04. The van der Waals surface area contributed by atoms with Crippen LogP contribution in [0.25, 0.3) is 0 Å². The SMILES string of the molecule is CCCCOc1ccc([C@@H]2[C@H]3C(=O)N(c4cccc(OC)c4)C(=O)[C@H]3ON2c2ccccc2)cc1OCC. The van der Waals surface area contributed by atoms with Gasteiger partial charge in [-0.05, 0) is 55.3 Å². The molecule has 8 nitrogen and oxygen atoms in total. The molecule has 2 saturated heterocycles. The van der Waals surface area contributed by atoms with E-state index in [9.17, 15) is 9.59 Å². The van der Waals surface area contributed by atoms with Crippen LogP contribution < -0.4 is 24.2 Å². The predicted octanol–water partition coefficient (Wildman–Crippen LogP) is 5.32. The molecule has 2 aliphatic rings. The van der Waals surface area contributed by atoms with Crippen molar-refractivity contribution in [2.75, 3.05) is 30.3 Å². The summed E-state index contributed by atoms with van der Waals surface area (Å²) in [6, 6.07) is 21.5. The van der Waals surface area contributed by atoms with Crippen LogP contribution in [-0.2, 0) is 14.4 Å². The number of methoxy groups -OCH3 is 1. The Bertz CT molecular complexity index is 1300. The second-order valence-electron chi connectivity index (χ2n) is 9.21. The predicted molar refractivity (Wildman–Crippen MR) is 144 cm³/mol. The number of para-hydroxylation sites is 1. The van der Waals surface area contributed by atoms with Crippen molar-refractivity contribution >= 4 is 23.2 Å². The Kier molecular flexibility index (Phi) is 7.51. The van der Waals surface area contributed by atoms with Gasteiger partial charge in [0.25, 0.3) is 5.91 Å². The maximum absolute atomic E-state index is 13.9. The largest absolute Gasteiger partial charge is 0.497 e. The lowest BCUT2D eigenvalue weighted by atomic mass is 9.90. The molecule has 38 heavy (non-hydrogen) atoms. The Labute approximate surface area is 222 Å². The third-order valence-electron chi connectivity index (χ3n) is 6.80. The van der Waals surface area contributed by atoms with Crippen LogP contribution in [0.4, 0.5) is 11.4 Å². The maximum Gasteiger partial charge on any atom is 0.266 e. The topological polar surface area (TPSA) is 77.5 Å². The number of rotatable bonds is 10. The Balaban J connectivity index is 1.55. The van der Waals surface area contributed by atoms with Crippen molar-refractivity contribution in [3.63, 3.8) is 0 Å². The third-order valence-corrected chi connectivity index (χ3v) is 6.80. The first kappa shape index (κ1) is 25.6. The van der Waals surface area contributed by atoms with E-state index in [2.05, 4.69) is 6.92 Å². The van der Waals surface area contributed by atoms with Gasteiger partial charge in [-0.15, -0.1) is 0 Å². The number of hydrogen-bond acceptors (Lipinski definition) is 7. The summed E-state index contributed by atoms with van der Waals surface area (Å²) in [5.41, 5.74) is 2.00. The first-order chi connectivity index (χ1) is 18.6. The molecule has 0 saturated carbocycles. The van der Waals surface area contributed by atoms with E-state index in [0.717, 1.165) is 24.1 Å². The summed E-state index contributed by atoms with van der Waals surface area (Å²) in [7, 11) is 1.55. The van der Waals surface area contributed by atoms with Crippen LogP contribution in [0.5, 0.6) is 17.2 Å². The van der Waals surface area contributed by atoms with Gasteiger partial charge in [-0.3, -0.25) is 14.4 Å². The highest BCUT2D eigenvalue weighted by molar-refractivity contribution is 6.24. The molecule has 2 aliphatic heterocycles. The molecule has 2 fully saturated rings. The summed E-state index contributed by atoms with van der Waals surface area (Å²) in [6.07, 6.45) is 0.998. The van der Waals surface area contributed by atoms with Crippen molar-refractivity contribution in [3.05, 3.63) is 78.4 Å². The van der Waals surface area contributed by atoms with Crippen molar-refractivity contribution in [3.8, 4) is 17.2 Å². The third kappa shape index (κ3) is 4.67. The number of fused-ring (bicyclic) bond motifs is 1. The van der Waals surface area contributed by atoms with Gasteiger partial charge < -0.3 is 14.2 Å². The van der Waals surface area contributed by atoms with E-state index in [1.54, 1.807) is 36.4 Å². The van der Waals surface area contributed by atoms with Gasteiger partial charge in [-0.1, -0.05) is 43.7 Å². The summed E-state index contributed by atoms with van der Waals surface area (Å²) in [4.78, 5) is 35.0. The van der Waals surface area contributed by atoms with Gasteiger partial charge in [0.1, 0.15) is 11.7 Å². The molecule has 0 N–H and O–H groups in total. The normalized spacial score (nSPS) is 20.6. The van der Waals surface area contributed by atoms with Crippen molar-refractivity contribution in [1.29, 1.82) is 0 Å². The maximum atomic E-state index is 13.9. The molecule has 8 heteroatoms. The summed E-state index contributed by atoms with van der Waals surface area (Å²) in [5, 5.41) is 1.68. The van der Waals surface area contributed by atoms with Crippen molar-refractivity contribution < 1.29 is 28.6 Å². The minimum absolute atomic E-state index is 0.321. The van der Waals surface area contributed by atoms with Crippen LogP contribution in [0.15, 0.2) is 72.8 Å². The number of carbonyl (C=O) groups excluding carboxylic acids is 2. The average molecular weight is 517 g/mol. The van der Waals surface area contributed by atoms with Crippen LogP contribution in [0.1, 0.15) is 38.3 Å². The van der Waals surface area contributed by atoms with E-state index in [0.29, 0.717) is 36.1 Å². The highest BCUT2D eigenvalue weighted by Crippen LogP contribution is 2.49. The monoisotopic (exact) mass is 516 g/mol. The fourth-order valence-corrected chi connectivity index (χ4v) is 4.98. The molecular weight excluding hydrogens is 484 g/mol. The van der Waals surface area contributed by atoms with Crippen LogP contribution in [0.2, 0.25) is 0 Å². The summed E-state index contributed by atoms with van der Waals surface area (Å²) in [5.74, 6) is 0.328. The van der Waals surface area contributed by atoms with Gasteiger partial charge >= 0.3 is 0 Å². The first-order valence-electron chi connectivity index (χ1n) is 13.0. The second-order valence-corrected chi connectivity index (χ2v) is 9.21. The van der Waals surface area contributed by atoms with Gasteiger partial charge in [0, 0.05) is 6.07 Å². The lowest BCUT2D eigenvalue weighted by Crippen LogP contribution is -2.37. The molecule has 0 aliphatic carbocycles. The lowest BCUT2D eigenvalue weighted by Gasteiger charge is -2.29. The van der Waals surface area contributed by atoms with E-state index in [1.165, 1.54) is 4.90 Å².